The van der Waals surface area contributed by atoms with Crippen LogP contribution in [-0.4, -0.2) is 35.4 Å². The Bertz CT molecular complexity index is 667. The molecular weight excluding hydrogens is 340 g/mol. The SMILES string of the molecule is CC(NC(=O)C1(CN)CCOCC1)c1ccc(-n2cccn2)cc1.Cl. The van der Waals surface area contributed by atoms with Crippen molar-refractivity contribution in [2.45, 2.75) is 25.8 Å². The van der Waals surface area contributed by atoms with Gasteiger partial charge < -0.3 is 15.8 Å². The van der Waals surface area contributed by atoms with Gasteiger partial charge in [0, 0.05) is 32.2 Å². The van der Waals surface area contributed by atoms with Crippen LogP contribution in [-0.2, 0) is 9.53 Å². The highest BCUT2D eigenvalue weighted by Gasteiger charge is 2.39. The van der Waals surface area contributed by atoms with Crippen molar-refractivity contribution < 1.29 is 9.53 Å². The molecular formula is C18H25ClN4O2. The maximum atomic E-state index is 12.7. The second-order valence-corrected chi connectivity index (χ2v) is 6.33. The highest BCUT2D eigenvalue weighted by atomic mass is 35.5. The summed E-state index contributed by atoms with van der Waals surface area (Å²) < 4.78 is 7.18. The van der Waals surface area contributed by atoms with Gasteiger partial charge in [0.15, 0.2) is 0 Å². The molecule has 2 heterocycles. The van der Waals surface area contributed by atoms with Gasteiger partial charge in [-0.2, -0.15) is 5.10 Å². The molecule has 3 rings (SSSR count). The Labute approximate surface area is 154 Å². The molecule has 1 fully saturated rings. The molecule has 2 aromatic rings. The number of carbonyl (C=O) groups excluding carboxylic acids is 1. The summed E-state index contributed by atoms with van der Waals surface area (Å²) in [5, 5.41) is 7.33. The van der Waals surface area contributed by atoms with E-state index >= 15 is 0 Å². The third kappa shape index (κ3) is 4.21. The fourth-order valence-electron chi connectivity index (χ4n) is 3.06. The lowest BCUT2D eigenvalue weighted by atomic mass is 9.79. The Balaban J connectivity index is 0.00000225. The van der Waals surface area contributed by atoms with E-state index in [9.17, 15) is 4.79 Å². The molecule has 1 amide bonds. The Hall–Kier alpha value is -1.89. The van der Waals surface area contributed by atoms with Gasteiger partial charge in [0.2, 0.25) is 5.91 Å². The summed E-state index contributed by atoms with van der Waals surface area (Å²) in [6, 6.07) is 9.84. The molecule has 1 aromatic carbocycles. The van der Waals surface area contributed by atoms with Crippen molar-refractivity contribution in [1.82, 2.24) is 15.1 Å². The number of aromatic nitrogens is 2. The van der Waals surface area contributed by atoms with E-state index in [0.717, 1.165) is 11.3 Å². The molecule has 0 bridgehead atoms. The van der Waals surface area contributed by atoms with Crippen LogP contribution in [0.15, 0.2) is 42.7 Å². The van der Waals surface area contributed by atoms with Crippen LogP contribution in [0.25, 0.3) is 5.69 Å². The minimum atomic E-state index is -0.499. The zero-order chi connectivity index (χ0) is 17.0. The van der Waals surface area contributed by atoms with Crippen LogP contribution < -0.4 is 11.1 Å². The number of hydrogen-bond donors (Lipinski definition) is 2. The molecule has 1 atom stereocenters. The number of nitrogens with one attached hydrogen (secondary N) is 1. The predicted octanol–water partition coefficient (Wildman–Crippen LogP) is 2.23. The molecule has 1 unspecified atom stereocenters. The summed E-state index contributed by atoms with van der Waals surface area (Å²) in [6.45, 7) is 3.53. The van der Waals surface area contributed by atoms with E-state index in [0.29, 0.717) is 32.6 Å². The molecule has 1 saturated heterocycles. The number of carbonyl (C=O) groups is 1. The van der Waals surface area contributed by atoms with E-state index in [1.807, 2.05) is 43.5 Å². The van der Waals surface area contributed by atoms with Crippen LogP contribution in [0.3, 0.4) is 0 Å². The number of ether oxygens (including phenoxy) is 1. The van der Waals surface area contributed by atoms with E-state index < -0.39 is 5.41 Å². The minimum absolute atomic E-state index is 0. The van der Waals surface area contributed by atoms with E-state index in [4.69, 9.17) is 10.5 Å². The number of halogens is 1. The number of nitrogens with zero attached hydrogens (tertiary/aromatic N) is 2. The molecule has 1 aliphatic heterocycles. The monoisotopic (exact) mass is 364 g/mol. The quantitative estimate of drug-likeness (QED) is 0.852. The number of hydrogen-bond acceptors (Lipinski definition) is 4. The number of nitrogens with two attached hydrogens (primary N) is 1. The van der Waals surface area contributed by atoms with Crippen LogP contribution in [0, 0.1) is 5.41 Å². The van der Waals surface area contributed by atoms with E-state index in [2.05, 4.69) is 10.4 Å². The smallest absolute Gasteiger partial charge is 0.228 e. The molecule has 136 valence electrons. The second-order valence-electron chi connectivity index (χ2n) is 6.33. The van der Waals surface area contributed by atoms with Crippen molar-refractivity contribution in [3.05, 3.63) is 48.3 Å². The summed E-state index contributed by atoms with van der Waals surface area (Å²) >= 11 is 0. The van der Waals surface area contributed by atoms with Crippen molar-refractivity contribution in [3.8, 4) is 5.69 Å². The molecule has 6 nitrogen and oxygen atoms in total. The lowest BCUT2D eigenvalue weighted by molar-refractivity contribution is -0.136. The maximum absolute atomic E-state index is 12.7. The first-order valence-corrected chi connectivity index (χ1v) is 8.33. The first-order valence-electron chi connectivity index (χ1n) is 8.33. The highest BCUT2D eigenvalue weighted by Crippen LogP contribution is 2.30. The van der Waals surface area contributed by atoms with Crippen molar-refractivity contribution in [3.63, 3.8) is 0 Å². The van der Waals surface area contributed by atoms with Crippen LogP contribution in [0.1, 0.15) is 31.4 Å². The van der Waals surface area contributed by atoms with Gasteiger partial charge >= 0.3 is 0 Å². The van der Waals surface area contributed by atoms with Gasteiger partial charge in [0.1, 0.15) is 0 Å². The maximum Gasteiger partial charge on any atom is 0.228 e. The third-order valence-corrected chi connectivity index (χ3v) is 4.83. The Morgan fingerprint density at radius 2 is 2.04 bits per heavy atom. The van der Waals surface area contributed by atoms with Gasteiger partial charge in [-0.05, 0) is 43.5 Å². The Morgan fingerprint density at radius 1 is 1.36 bits per heavy atom. The summed E-state index contributed by atoms with van der Waals surface area (Å²) in [7, 11) is 0. The van der Waals surface area contributed by atoms with E-state index in [1.54, 1.807) is 10.9 Å². The molecule has 0 saturated carbocycles. The van der Waals surface area contributed by atoms with Gasteiger partial charge in [-0.15, -0.1) is 12.4 Å². The van der Waals surface area contributed by atoms with Gasteiger partial charge in [-0.3, -0.25) is 4.79 Å². The summed E-state index contributed by atoms with van der Waals surface area (Å²) in [5.41, 5.74) is 7.45. The molecule has 1 aromatic heterocycles. The Morgan fingerprint density at radius 3 is 2.60 bits per heavy atom. The van der Waals surface area contributed by atoms with Gasteiger partial charge in [-0.1, -0.05) is 12.1 Å². The van der Waals surface area contributed by atoms with Crippen molar-refractivity contribution in [2.75, 3.05) is 19.8 Å². The lowest BCUT2D eigenvalue weighted by Gasteiger charge is -2.35. The lowest BCUT2D eigenvalue weighted by Crippen LogP contribution is -2.49. The molecule has 0 spiro atoms. The molecule has 25 heavy (non-hydrogen) atoms. The molecule has 7 heteroatoms. The van der Waals surface area contributed by atoms with Crippen molar-refractivity contribution in [2.24, 2.45) is 11.1 Å². The summed E-state index contributed by atoms with van der Waals surface area (Å²) in [6.07, 6.45) is 5.01. The Kier molecular flexibility index (Phi) is 6.58. The van der Waals surface area contributed by atoms with Gasteiger partial charge in [0.25, 0.3) is 0 Å². The van der Waals surface area contributed by atoms with Crippen LogP contribution in [0.2, 0.25) is 0 Å². The standard InChI is InChI=1S/C18H24N4O2.ClH/c1-14(21-17(23)18(13-19)7-11-24-12-8-18)15-3-5-16(6-4-15)22-10-2-9-20-22;/h2-6,9-10,14H,7-8,11-13,19H2,1H3,(H,21,23);1H. The van der Waals surface area contributed by atoms with Crippen molar-refractivity contribution >= 4 is 18.3 Å². The average Bonchev–Trinajstić information content (AvgIpc) is 3.17. The second kappa shape index (κ2) is 8.47. The highest BCUT2D eigenvalue weighted by molar-refractivity contribution is 5.85. The molecule has 3 N–H and O–H groups in total. The molecule has 0 aliphatic carbocycles. The van der Waals surface area contributed by atoms with Crippen LogP contribution in [0.5, 0.6) is 0 Å². The molecule has 1 aliphatic rings. The first-order chi connectivity index (χ1) is 11.6. The van der Waals surface area contributed by atoms with E-state index in [-0.39, 0.29) is 24.4 Å². The number of amides is 1. The topological polar surface area (TPSA) is 82.2 Å². The van der Waals surface area contributed by atoms with E-state index in [1.165, 1.54) is 0 Å². The average molecular weight is 365 g/mol. The zero-order valence-corrected chi connectivity index (χ0v) is 15.2. The number of rotatable bonds is 5. The largest absolute Gasteiger partial charge is 0.381 e. The van der Waals surface area contributed by atoms with Gasteiger partial charge in [-0.25, -0.2) is 4.68 Å². The fraction of sp³-hybridized carbons (Fsp3) is 0.444. The minimum Gasteiger partial charge on any atom is -0.381 e. The molecule has 0 radical (unpaired) electrons. The fourth-order valence-corrected chi connectivity index (χ4v) is 3.06. The zero-order valence-electron chi connectivity index (χ0n) is 14.4. The summed E-state index contributed by atoms with van der Waals surface area (Å²) in [4.78, 5) is 12.7. The van der Waals surface area contributed by atoms with Gasteiger partial charge in [0.05, 0.1) is 17.1 Å². The summed E-state index contributed by atoms with van der Waals surface area (Å²) in [5.74, 6) is 0.0250. The van der Waals surface area contributed by atoms with Crippen LogP contribution >= 0.6 is 12.4 Å². The predicted molar refractivity (Wildman–Crippen MR) is 98.9 cm³/mol. The first kappa shape index (κ1) is 19.4. The normalized spacial score (nSPS) is 17.4. The third-order valence-electron chi connectivity index (χ3n) is 4.83. The van der Waals surface area contributed by atoms with Crippen molar-refractivity contribution in [1.29, 1.82) is 0 Å². The van der Waals surface area contributed by atoms with Crippen LogP contribution in [0.4, 0.5) is 0 Å². The number of benzene rings is 1.